The Morgan fingerprint density at radius 1 is 1.15 bits per heavy atom. The molecule has 0 saturated carbocycles. The molecule has 5 rings (SSSR count). The zero-order valence-corrected chi connectivity index (χ0v) is 18.3. The summed E-state index contributed by atoms with van der Waals surface area (Å²) in [6.07, 6.45) is 3.34. The van der Waals surface area contributed by atoms with E-state index in [0.29, 0.717) is 33.4 Å². The molecule has 0 atom stereocenters. The van der Waals surface area contributed by atoms with Crippen molar-refractivity contribution in [2.75, 3.05) is 42.1 Å². The molecule has 1 saturated heterocycles. The van der Waals surface area contributed by atoms with E-state index in [0.717, 1.165) is 31.9 Å². The summed E-state index contributed by atoms with van der Waals surface area (Å²) in [5.74, 6) is -0.360. The van der Waals surface area contributed by atoms with Crippen molar-refractivity contribution in [3.8, 4) is 11.3 Å². The summed E-state index contributed by atoms with van der Waals surface area (Å²) in [5, 5.41) is 7.37. The van der Waals surface area contributed by atoms with Gasteiger partial charge in [0, 0.05) is 67.8 Å². The van der Waals surface area contributed by atoms with E-state index in [9.17, 15) is 9.18 Å². The molecule has 1 aliphatic heterocycles. The average Bonchev–Trinajstić information content (AvgIpc) is 3.27. The maximum absolute atomic E-state index is 14.9. The van der Waals surface area contributed by atoms with Crippen LogP contribution in [0.1, 0.15) is 10.4 Å². The van der Waals surface area contributed by atoms with E-state index in [1.54, 1.807) is 12.1 Å². The average molecular weight is 445 g/mol. The first-order valence-corrected chi connectivity index (χ1v) is 10.9. The van der Waals surface area contributed by atoms with Crippen LogP contribution in [0.4, 0.5) is 21.6 Å². The summed E-state index contributed by atoms with van der Waals surface area (Å²) in [6.45, 7) is 3.80. The van der Waals surface area contributed by atoms with Crippen molar-refractivity contribution >= 4 is 33.9 Å². The number of hydrogen-bond acceptors (Lipinski definition) is 5. The number of anilines is 3. The molecule has 0 spiro atoms. The lowest BCUT2D eigenvalue weighted by Gasteiger charge is -2.29. The van der Waals surface area contributed by atoms with Crippen molar-refractivity contribution in [3.05, 3.63) is 72.3 Å². The number of carbonyl (C=O) groups is 1. The number of nitrogens with zero attached hydrogens (tertiary/aromatic N) is 3. The minimum atomic E-state index is -0.479. The number of nitrogens with one attached hydrogen (secondary N) is 2. The summed E-state index contributed by atoms with van der Waals surface area (Å²) in [7, 11) is 1.85. The molecule has 1 fully saturated rings. The van der Waals surface area contributed by atoms with Gasteiger partial charge in [0.2, 0.25) is 0 Å². The van der Waals surface area contributed by atoms with Gasteiger partial charge in [-0.2, -0.15) is 0 Å². The molecule has 3 heterocycles. The number of halogens is 1. The number of nitrogens with two attached hydrogens (primary N) is 1. The van der Waals surface area contributed by atoms with Crippen LogP contribution in [-0.4, -0.2) is 41.6 Å². The van der Waals surface area contributed by atoms with E-state index in [4.69, 9.17) is 5.73 Å². The summed E-state index contributed by atoms with van der Waals surface area (Å²) < 4.78 is 16.8. The van der Waals surface area contributed by atoms with Crippen molar-refractivity contribution in [1.29, 1.82) is 0 Å². The Bertz CT molecular complexity index is 1320. The van der Waals surface area contributed by atoms with Crippen LogP contribution in [-0.2, 0) is 7.05 Å². The number of aromatic nitrogens is 2. The van der Waals surface area contributed by atoms with Crippen molar-refractivity contribution in [2.45, 2.75) is 0 Å². The predicted molar refractivity (Wildman–Crippen MR) is 130 cm³/mol. The van der Waals surface area contributed by atoms with Gasteiger partial charge in [0.15, 0.2) is 5.82 Å². The lowest BCUT2D eigenvalue weighted by molar-refractivity contribution is 0.102. The van der Waals surface area contributed by atoms with Gasteiger partial charge in [0.1, 0.15) is 5.82 Å². The number of rotatable bonds is 4. The summed E-state index contributed by atoms with van der Waals surface area (Å²) in [5.41, 5.74) is 8.87. The minimum Gasteiger partial charge on any atom is -0.396 e. The molecule has 1 aliphatic rings. The fourth-order valence-electron chi connectivity index (χ4n) is 4.23. The van der Waals surface area contributed by atoms with E-state index in [1.165, 1.54) is 6.20 Å². The number of amides is 1. The first kappa shape index (κ1) is 21.0. The van der Waals surface area contributed by atoms with Gasteiger partial charge >= 0.3 is 0 Å². The van der Waals surface area contributed by atoms with Crippen LogP contribution in [0.3, 0.4) is 0 Å². The third kappa shape index (κ3) is 4.01. The van der Waals surface area contributed by atoms with Crippen LogP contribution in [0.25, 0.3) is 22.0 Å². The zero-order chi connectivity index (χ0) is 22.9. The molecule has 0 aliphatic carbocycles. The second-order valence-corrected chi connectivity index (χ2v) is 8.18. The zero-order valence-electron chi connectivity index (χ0n) is 18.3. The standard InChI is InChI=1S/C25H25FN6O/c1-31-10-2-3-21(31)19-13-17-14-22(29-15-20(17)24(27)23(19)26)30-25(33)16-4-6-18(7-5-16)32-11-8-28-9-12-32/h2-7,10,13-15,28H,8-9,11-12,27H2,1H3,(H,29,30,33). The highest BCUT2D eigenvalue weighted by Crippen LogP contribution is 2.34. The topological polar surface area (TPSA) is 88.2 Å². The highest BCUT2D eigenvalue weighted by molar-refractivity contribution is 6.05. The first-order chi connectivity index (χ1) is 16.0. The lowest BCUT2D eigenvalue weighted by Crippen LogP contribution is -2.43. The number of aryl methyl sites for hydroxylation is 1. The molecule has 0 bridgehead atoms. The summed E-state index contributed by atoms with van der Waals surface area (Å²) >= 11 is 0. The van der Waals surface area contributed by atoms with E-state index >= 15 is 0 Å². The Morgan fingerprint density at radius 2 is 1.91 bits per heavy atom. The number of nitrogen functional groups attached to an aromatic ring is 1. The maximum Gasteiger partial charge on any atom is 0.256 e. The predicted octanol–water partition coefficient (Wildman–Crippen LogP) is 3.62. The molecule has 168 valence electrons. The molecule has 2 aromatic heterocycles. The van der Waals surface area contributed by atoms with Crippen LogP contribution in [0.15, 0.2) is 60.9 Å². The second-order valence-electron chi connectivity index (χ2n) is 8.18. The molecule has 2 aromatic carbocycles. The van der Waals surface area contributed by atoms with E-state index < -0.39 is 5.82 Å². The SMILES string of the molecule is Cn1cccc1-c1cc2cc(NC(=O)c3ccc(N4CCNCC4)cc3)ncc2c(N)c1F. The number of hydrogen-bond donors (Lipinski definition) is 3. The highest BCUT2D eigenvalue weighted by Gasteiger charge is 2.16. The summed E-state index contributed by atoms with van der Waals surface area (Å²) in [4.78, 5) is 19.4. The Kier molecular flexibility index (Phi) is 5.43. The van der Waals surface area contributed by atoms with E-state index in [2.05, 4.69) is 20.5 Å². The Hall–Kier alpha value is -3.91. The third-order valence-electron chi connectivity index (χ3n) is 6.07. The van der Waals surface area contributed by atoms with Gasteiger partial charge in [0.05, 0.1) is 11.4 Å². The van der Waals surface area contributed by atoms with Gasteiger partial charge in [-0.15, -0.1) is 0 Å². The Labute approximate surface area is 191 Å². The molecule has 7 nitrogen and oxygen atoms in total. The van der Waals surface area contributed by atoms with Crippen LogP contribution in [0, 0.1) is 5.82 Å². The monoisotopic (exact) mass is 444 g/mol. The number of carbonyl (C=O) groups excluding carboxylic acids is 1. The fourth-order valence-corrected chi connectivity index (χ4v) is 4.23. The first-order valence-electron chi connectivity index (χ1n) is 10.9. The molecular weight excluding hydrogens is 419 g/mol. The van der Waals surface area contributed by atoms with Crippen LogP contribution < -0.4 is 21.3 Å². The van der Waals surface area contributed by atoms with Crippen molar-refractivity contribution < 1.29 is 9.18 Å². The quantitative estimate of drug-likeness (QED) is 0.419. The number of fused-ring (bicyclic) bond motifs is 1. The van der Waals surface area contributed by atoms with Gasteiger partial charge in [-0.1, -0.05) is 0 Å². The molecule has 33 heavy (non-hydrogen) atoms. The van der Waals surface area contributed by atoms with Gasteiger partial charge in [-0.3, -0.25) is 4.79 Å². The maximum atomic E-state index is 14.9. The fraction of sp³-hybridized carbons (Fsp3) is 0.200. The largest absolute Gasteiger partial charge is 0.396 e. The van der Waals surface area contributed by atoms with Crippen LogP contribution in [0.5, 0.6) is 0 Å². The minimum absolute atomic E-state index is 0.0394. The van der Waals surface area contributed by atoms with Gasteiger partial charge in [-0.25, -0.2) is 9.37 Å². The number of piperazine rings is 1. The molecule has 4 N–H and O–H groups in total. The van der Waals surface area contributed by atoms with Crippen molar-refractivity contribution in [2.24, 2.45) is 7.05 Å². The van der Waals surface area contributed by atoms with Gasteiger partial charge in [0.25, 0.3) is 5.91 Å². The Balaban J connectivity index is 1.40. The van der Waals surface area contributed by atoms with Gasteiger partial charge in [-0.05, 0) is 53.9 Å². The molecule has 0 unspecified atom stereocenters. The Morgan fingerprint density at radius 3 is 2.61 bits per heavy atom. The number of benzene rings is 2. The molecule has 4 aromatic rings. The smallest absolute Gasteiger partial charge is 0.256 e. The molecule has 0 radical (unpaired) electrons. The van der Waals surface area contributed by atoms with Crippen molar-refractivity contribution in [1.82, 2.24) is 14.9 Å². The third-order valence-corrected chi connectivity index (χ3v) is 6.07. The van der Waals surface area contributed by atoms with Crippen LogP contribution in [0.2, 0.25) is 0 Å². The van der Waals surface area contributed by atoms with E-state index in [-0.39, 0.29) is 11.6 Å². The van der Waals surface area contributed by atoms with Crippen LogP contribution >= 0.6 is 0 Å². The van der Waals surface area contributed by atoms with Crippen molar-refractivity contribution in [3.63, 3.8) is 0 Å². The molecular formula is C25H25FN6O. The molecule has 8 heteroatoms. The van der Waals surface area contributed by atoms with Gasteiger partial charge < -0.3 is 25.8 Å². The normalized spacial score (nSPS) is 13.9. The van der Waals surface area contributed by atoms with E-state index in [1.807, 2.05) is 54.2 Å². The molecule has 1 amide bonds. The summed E-state index contributed by atoms with van der Waals surface area (Å²) in [6, 6.07) is 14.7. The number of pyridine rings is 1. The lowest BCUT2D eigenvalue weighted by atomic mass is 10.0. The highest BCUT2D eigenvalue weighted by atomic mass is 19.1. The second kappa shape index (κ2) is 8.55.